The highest BCUT2D eigenvalue weighted by Crippen LogP contribution is 2.29. The Kier molecular flexibility index (Phi) is 9.49. The summed E-state index contributed by atoms with van der Waals surface area (Å²) >= 11 is 0. The van der Waals surface area contributed by atoms with Crippen LogP contribution in [-0.4, -0.2) is 46.4 Å². The third kappa shape index (κ3) is 8.34. The molecule has 3 N–H and O–H groups in total. The van der Waals surface area contributed by atoms with Gasteiger partial charge < -0.3 is 20.1 Å². The van der Waals surface area contributed by atoms with Crippen LogP contribution in [-0.2, 0) is 19.1 Å². The highest BCUT2D eigenvalue weighted by Gasteiger charge is 2.26. The number of aliphatic hydroxyl groups is 1. The van der Waals surface area contributed by atoms with Crippen LogP contribution in [0.5, 0.6) is 0 Å². The fraction of sp³-hybridized carbons (Fsp3) is 0.833. The van der Waals surface area contributed by atoms with Crippen molar-refractivity contribution in [3.63, 3.8) is 0 Å². The van der Waals surface area contributed by atoms with Gasteiger partial charge in [0.2, 0.25) is 0 Å². The molecule has 0 aromatic carbocycles. The zero-order chi connectivity index (χ0) is 18.8. The summed E-state index contributed by atoms with van der Waals surface area (Å²) in [6.45, 7) is 2.05. The Hall–Kier alpha value is -1.63. The SMILES string of the molecule is CC(=O)OCC1CCC(C(=O)O)CC1.O=C(O)C1CCC(CO)CC1. The second-order valence-electron chi connectivity index (χ2n) is 7.10. The zero-order valence-corrected chi connectivity index (χ0v) is 14.9. The summed E-state index contributed by atoms with van der Waals surface area (Å²) in [5, 5.41) is 26.2. The van der Waals surface area contributed by atoms with Gasteiger partial charge in [0.1, 0.15) is 0 Å². The van der Waals surface area contributed by atoms with Crippen LogP contribution in [0.1, 0.15) is 58.3 Å². The van der Waals surface area contributed by atoms with Crippen molar-refractivity contribution in [2.75, 3.05) is 13.2 Å². The molecule has 2 saturated carbocycles. The molecule has 0 aromatic rings. The molecule has 0 bridgehead atoms. The molecule has 2 fully saturated rings. The minimum absolute atomic E-state index is 0.155. The average Bonchev–Trinajstić information content (AvgIpc) is 2.60. The number of esters is 1. The molecule has 0 heterocycles. The Morgan fingerprint density at radius 1 is 0.800 bits per heavy atom. The van der Waals surface area contributed by atoms with Gasteiger partial charge in [-0.2, -0.15) is 0 Å². The Balaban J connectivity index is 0.000000257. The number of ether oxygens (including phenoxy) is 1. The number of hydrogen-bond acceptors (Lipinski definition) is 5. The van der Waals surface area contributed by atoms with Gasteiger partial charge in [-0.25, -0.2) is 0 Å². The number of carbonyl (C=O) groups excluding carboxylic acids is 1. The van der Waals surface area contributed by atoms with Gasteiger partial charge in [-0.3, -0.25) is 14.4 Å². The summed E-state index contributed by atoms with van der Waals surface area (Å²) in [4.78, 5) is 31.7. The van der Waals surface area contributed by atoms with E-state index >= 15 is 0 Å². The summed E-state index contributed by atoms with van der Waals surface area (Å²) in [6, 6.07) is 0. The third-order valence-corrected chi connectivity index (χ3v) is 5.17. The topological polar surface area (TPSA) is 121 Å². The normalized spacial score (nSPS) is 29.0. The number of carboxylic acid groups (broad SMARTS) is 2. The fourth-order valence-corrected chi connectivity index (χ4v) is 3.40. The van der Waals surface area contributed by atoms with Crippen LogP contribution in [0.4, 0.5) is 0 Å². The van der Waals surface area contributed by atoms with Crippen LogP contribution >= 0.6 is 0 Å². The number of rotatable bonds is 5. The molecule has 25 heavy (non-hydrogen) atoms. The number of hydrogen-bond donors (Lipinski definition) is 3. The number of carboxylic acids is 2. The Morgan fingerprint density at radius 2 is 1.20 bits per heavy atom. The highest BCUT2D eigenvalue weighted by atomic mass is 16.5. The van der Waals surface area contributed by atoms with Crippen LogP contribution in [0, 0.1) is 23.7 Å². The predicted molar refractivity (Wildman–Crippen MR) is 89.9 cm³/mol. The minimum atomic E-state index is -0.698. The molecular formula is C18H30O7. The lowest BCUT2D eigenvalue weighted by Crippen LogP contribution is -2.24. The molecule has 7 heteroatoms. The second-order valence-corrected chi connectivity index (χ2v) is 7.10. The molecule has 0 saturated heterocycles. The molecule has 0 aromatic heterocycles. The quantitative estimate of drug-likeness (QED) is 0.645. The lowest BCUT2D eigenvalue weighted by Gasteiger charge is -2.25. The summed E-state index contributed by atoms with van der Waals surface area (Å²) in [5.74, 6) is -1.27. The Labute approximate surface area is 148 Å². The number of carbonyl (C=O) groups is 3. The van der Waals surface area contributed by atoms with Crippen molar-refractivity contribution in [3.8, 4) is 0 Å². The van der Waals surface area contributed by atoms with Gasteiger partial charge in [0.25, 0.3) is 0 Å². The minimum Gasteiger partial charge on any atom is -0.481 e. The van der Waals surface area contributed by atoms with Gasteiger partial charge in [-0.05, 0) is 63.2 Å². The van der Waals surface area contributed by atoms with Crippen molar-refractivity contribution in [1.29, 1.82) is 0 Å². The van der Waals surface area contributed by atoms with E-state index in [4.69, 9.17) is 20.1 Å². The lowest BCUT2D eigenvalue weighted by atomic mass is 9.82. The van der Waals surface area contributed by atoms with Crippen molar-refractivity contribution in [1.82, 2.24) is 0 Å². The Bertz CT molecular complexity index is 433. The summed E-state index contributed by atoms with van der Waals surface area (Å²) in [7, 11) is 0. The van der Waals surface area contributed by atoms with Crippen LogP contribution in [0.25, 0.3) is 0 Å². The fourth-order valence-electron chi connectivity index (χ4n) is 3.40. The van der Waals surface area contributed by atoms with Crippen molar-refractivity contribution in [2.24, 2.45) is 23.7 Å². The van der Waals surface area contributed by atoms with Crippen LogP contribution < -0.4 is 0 Å². The van der Waals surface area contributed by atoms with E-state index in [0.717, 1.165) is 38.5 Å². The van der Waals surface area contributed by atoms with E-state index in [9.17, 15) is 14.4 Å². The first-order chi connectivity index (χ1) is 11.8. The van der Waals surface area contributed by atoms with Gasteiger partial charge in [-0.1, -0.05) is 0 Å². The van der Waals surface area contributed by atoms with Crippen LogP contribution in [0.15, 0.2) is 0 Å². The molecule has 7 nitrogen and oxygen atoms in total. The molecule has 0 unspecified atom stereocenters. The molecule has 0 atom stereocenters. The zero-order valence-electron chi connectivity index (χ0n) is 14.9. The van der Waals surface area contributed by atoms with E-state index in [1.54, 1.807) is 0 Å². The Morgan fingerprint density at radius 3 is 1.52 bits per heavy atom. The molecule has 2 aliphatic carbocycles. The van der Waals surface area contributed by atoms with Crippen molar-refractivity contribution in [3.05, 3.63) is 0 Å². The molecule has 0 amide bonds. The molecule has 2 aliphatic rings. The van der Waals surface area contributed by atoms with E-state index in [1.165, 1.54) is 6.92 Å². The summed E-state index contributed by atoms with van der Waals surface area (Å²) in [5.41, 5.74) is 0. The van der Waals surface area contributed by atoms with E-state index < -0.39 is 11.9 Å². The maximum atomic E-state index is 10.6. The predicted octanol–water partition coefficient (Wildman–Crippen LogP) is 2.31. The van der Waals surface area contributed by atoms with Crippen molar-refractivity contribution < 1.29 is 34.4 Å². The lowest BCUT2D eigenvalue weighted by molar-refractivity contribution is -0.146. The van der Waals surface area contributed by atoms with Gasteiger partial charge in [0.15, 0.2) is 0 Å². The van der Waals surface area contributed by atoms with Crippen LogP contribution in [0.3, 0.4) is 0 Å². The number of aliphatic hydroxyl groups excluding tert-OH is 1. The molecule has 0 spiro atoms. The van der Waals surface area contributed by atoms with Gasteiger partial charge in [0, 0.05) is 13.5 Å². The van der Waals surface area contributed by atoms with E-state index in [-0.39, 0.29) is 24.4 Å². The largest absolute Gasteiger partial charge is 0.481 e. The van der Waals surface area contributed by atoms with Gasteiger partial charge >= 0.3 is 17.9 Å². The molecule has 0 aliphatic heterocycles. The first kappa shape index (κ1) is 21.4. The van der Waals surface area contributed by atoms with E-state index in [1.807, 2.05) is 0 Å². The summed E-state index contributed by atoms with van der Waals surface area (Å²) < 4.78 is 4.89. The van der Waals surface area contributed by atoms with E-state index in [2.05, 4.69) is 0 Å². The highest BCUT2D eigenvalue weighted by molar-refractivity contribution is 5.70. The smallest absolute Gasteiger partial charge is 0.306 e. The third-order valence-electron chi connectivity index (χ3n) is 5.17. The maximum Gasteiger partial charge on any atom is 0.306 e. The van der Waals surface area contributed by atoms with Crippen molar-refractivity contribution in [2.45, 2.75) is 58.3 Å². The molecule has 144 valence electrons. The second kappa shape index (κ2) is 11.1. The monoisotopic (exact) mass is 358 g/mol. The van der Waals surface area contributed by atoms with Gasteiger partial charge in [0.05, 0.1) is 18.4 Å². The number of aliphatic carboxylic acids is 2. The molecule has 0 radical (unpaired) electrons. The first-order valence-electron chi connectivity index (χ1n) is 9.03. The first-order valence-corrected chi connectivity index (χ1v) is 9.03. The average molecular weight is 358 g/mol. The van der Waals surface area contributed by atoms with E-state index in [0.29, 0.717) is 31.3 Å². The van der Waals surface area contributed by atoms with Crippen LogP contribution in [0.2, 0.25) is 0 Å². The molecule has 2 rings (SSSR count). The van der Waals surface area contributed by atoms with Crippen molar-refractivity contribution >= 4 is 17.9 Å². The maximum absolute atomic E-state index is 10.6. The molecular weight excluding hydrogens is 328 g/mol. The standard InChI is InChI=1S/C10H16O4.C8H14O3/c1-7(11)14-6-8-2-4-9(5-3-8)10(12)13;9-5-6-1-3-7(4-2-6)8(10)11/h8-9H,2-6H2,1H3,(H,12,13);6-7,9H,1-5H2,(H,10,11). The van der Waals surface area contributed by atoms with Gasteiger partial charge in [-0.15, -0.1) is 0 Å². The summed E-state index contributed by atoms with van der Waals surface area (Å²) in [6.07, 6.45) is 6.33.